The Kier molecular flexibility index (Phi) is 8.52. The van der Waals surface area contributed by atoms with E-state index in [1.165, 1.54) is 5.56 Å². The summed E-state index contributed by atoms with van der Waals surface area (Å²) in [6, 6.07) is 8.71. The molecular weight excluding hydrogens is 336 g/mol. The maximum Gasteiger partial charge on any atom is 0.191 e. The van der Waals surface area contributed by atoms with Crippen LogP contribution in [0.5, 0.6) is 0 Å². The molecule has 0 amide bonds. The lowest BCUT2D eigenvalue weighted by Crippen LogP contribution is -2.43. The van der Waals surface area contributed by atoms with Crippen molar-refractivity contribution < 1.29 is 4.74 Å². The number of aliphatic imine (C=N–C) groups is 1. The number of hydrogen-bond donors (Lipinski definition) is 2. The average molecular weight is 367 g/mol. The quantitative estimate of drug-likeness (QED) is 0.575. The van der Waals surface area contributed by atoms with Crippen LogP contribution in [0, 0.1) is 0 Å². The van der Waals surface area contributed by atoms with Crippen LogP contribution in [0.2, 0.25) is 5.02 Å². The zero-order valence-corrected chi connectivity index (χ0v) is 16.4. The molecule has 2 rings (SSSR count). The first-order chi connectivity index (χ1) is 12.1. The molecule has 0 aliphatic carbocycles. The summed E-state index contributed by atoms with van der Waals surface area (Å²) >= 11 is 6.22. The number of hydrogen-bond acceptors (Lipinski definition) is 3. The molecule has 1 fully saturated rings. The Morgan fingerprint density at radius 2 is 2.08 bits per heavy atom. The molecule has 2 unspecified atom stereocenters. The Morgan fingerprint density at radius 1 is 1.32 bits per heavy atom. The van der Waals surface area contributed by atoms with Crippen LogP contribution in [-0.4, -0.2) is 56.3 Å². The van der Waals surface area contributed by atoms with Gasteiger partial charge in [-0.15, -0.1) is 0 Å². The highest BCUT2D eigenvalue weighted by Gasteiger charge is 2.23. The van der Waals surface area contributed by atoms with E-state index in [9.17, 15) is 0 Å². The predicted molar refractivity (Wildman–Crippen MR) is 105 cm³/mol. The largest absolute Gasteiger partial charge is 0.379 e. The van der Waals surface area contributed by atoms with Gasteiger partial charge in [-0.25, -0.2) is 0 Å². The zero-order valence-electron chi connectivity index (χ0n) is 15.6. The highest BCUT2D eigenvalue weighted by Crippen LogP contribution is 2.24. The molecule has 140 valence electrons. The maximum atomic E-state index is 6.22. The fourth-order valence-electron chi connectivity index (χ4n) is 2.87. The Morgan fingerprint density at radius 3 is 2.72 bits per heavy atom. The summed E-state index contributed by atoms with van der Waals surface area (Å²) in [4.78, 5) is 7.29. The number of nitrogens with one attached hydrogen (secondary N) is 2. The average Bonchev–Trinajstić information content (AvgIpc) is 2.63. The lowest BCUT2D eigenvalue weighted by Gasteiger charge is -2.34. The van der Waals surface area contributed by atoms with Crippen molar-refractivity contribution in [2.75, 3.05) is 39.4 Å². The fourth-order valence-corrected chi connectivity index (χ4v) is 3.07. The van der Waals surface area contributed by atoms with Crippen molar-refractivity contribution in [3.8, 4) is 0 Å². The number of ether oxygens (including phenoxy) is 1. The van der Waals surface area contributed by atoms with Gasteiger partial charge in [-0.1, -0.05) is 30.7 Å². The molecule has 1 aromatic carbocycles. The summed E-state index contributed by atoms with van der Waals surface area (Å²) in [6.45, 7) is 11.3. The molecule has 2 atom stereocenters. The number of halogens is 1. The lowest BCUT2D eigenvalue weighted by molar-refractivity contribution is 0.0179. The lowest BCUT2D eigenvalue weighted by atomic mass is 10.0. The van der Waals surface area contributed by atoms with Crippen molar-refractivity contribution in [1.29, 1.82) is 0 Å². The second-order valence-corrected chi connectivity index (χ2v) is 6.83. The Balaban J connectivity index is 2.17. The molecule has 25 heavy (non-hydrogen) atoms. The fraction of sp³-hybridized carbons (Fsp3) is 0.632. The molecule has 1 aromatic rings. The summed E-state index contributed by atoms with van der Waals surface area (Å²) in [5.74, 6) is 0.872. The minimum atomic E-state index is 0.204. The van der Waals surface area contributed by atoms with E-state index >= 15 is 0 Å². The molecule has 0 saturated carbocycles. The van der Waals surface area contributed by atoms with E-state index in [1.54, 1.807) is 0 Å². The zero-order chi connectivity index (χ0) is 18.1. The van der Waals surface area contributed by atoms with Gasteiger partial charge in [-0.2, -0.15) is 0 Å². The first-order valence-electron chi connectivity index (χ1n) is 9.26. The van der Waals surface area contributed by atoms with Gasteiger partial charge in [0.05, 0.1) is 25.8 Å². The van der Waals surface area contributed by atoms with E-state index in [1.807, 2.05) is 18.2 Å². The van der Waals surface area contributed by atoms with Crippen LogP contribution in [0.3, 0.4) is 0 Å². The minimum absolute atomic E-state index is 0.204. The van der Waals surface area contributed by atoms with Crippen LogP contribution in [0.25, 0.3) is 0 Å². The number of benzene rings is 1. The van der Waals surface area contributed by atoms with E-state index in [0.717, 1.165) is 50.3 Å². The first kappa shape index (κ1) is 20.0. The monoisotopic (exact) mass is 366 g/mol. The van der Waals surface area contributed by atoms with E-state index in [2.05, 4.69) is 42.4 Å². The smallest absolute Gasteiger partial charge is 0.191 e. The molecule has 0 radical (unpaired) electrons. The van der Waals surface area contributed by atoms with Crippen LogP contribution in [0.1, 0.15) is 38.8 Å². The number of rotatable bonds is 7. The third-order valence-corrected chi connectivity index (χ3v) is 4.72. The van der Waals surface area contributed by atoms with Crippen molar-refractivity contribution in [3.63, 3.8) is 0 Å². The highest BCUT2D eigenvalue weighted by molar-refractivity contribution is 6.30. The van der Waals surface area contributed by atoms with Crippen molar-refractivity contribution in [2.24, 2.45) is 4.99 Å². The van der Waals surface area contributed by atoms with Gasteiger partial charge in [-0.05, 0) is 38.0 Å². The topological polar surface area (TPSA) is 48.9 Å². The normalized spacial score (nSPS) is 18.6. The number of nitrogens with zero attached hydrogens (tertiary/aromatic N) is 2. The Bertz CT molecular complexity index is 546. The maximum absolute atomic E-state index is 6.22. The van der Waals surface area contributed by atoms with Crippen LogP contribution in [-0.2, 0) is 4.74 Å². The van der Waals surface area contributed by atoms with Gasteiger partial charge in [0.15, 0.2) is 5.96 Å². The molecular formula is C19H31ClN4O. The molecule has 5 nitrogen and oxygen atoms in total. The van der Waals surface area contributed by atoms with Gasteiger partial charge >= 0.3 is 0 Å². The molecule has 1 aliphatic rings. The molecule has 1 heterocycles. The molecule has 0 aromatic heterocycles. The summed E-state index contributed by atoms with van der Waals surface area (Å²) in [5, 5.41) is 7.56. The van der Waals surface area contributed by atoms with E-state index in [0.29, 0.717) is 12.6 Å². The Labute approximate surface area is 156 Å². The number of morpholine rings is 1. The molecule has 6 heteroatoms. The minimum Gasteiger partial charge on any atom is -0.379 e. The third kappa shape index (κ3) is 6.49. The Hall–Kier alpha value is -1.30. The molecule has 0 bridgehead atoms. The predicted octanol–water partition coefficient (Wildman–Crippen LogP) is 3.07. The first-order valence-corrected chi connectivity index (χ1v) is 9.64. The van der Waals surface area contributed by atoms with Gasteiger partial charge in [0.1, 0.15) is 0 Å². The van der Waals surface area contributed by atoms with E-state index in [-0.39, 0.29) is 6.04 Å². The standard InChI is InChI=1S/C19H31ClN4O/c1-4-15(3)23-19(21-5-2)22-14-18(24-9-11-25-12-10-24)16-7-6-8-17(20)13-16/h6-8,13,15,18H,4-5,9-12,14H2,1-3H3,(H2,21,22,23). The third-order valence-electron chi connectivity index (χ3n) is 4.48. The van der Waals surface area contributed by atoms with Crippen LogP contribution >= 0.6 is 11.6 Å². The van der Waals surface area contributed by atoms with E-state index in [4.69, 9.17) is 21.3 Å². The summed E-state index contributed by atoms with van der Waals surface area (Å²) in [6.07, 6.45) is 1.06. The van der Waals surface area contributed by atoms with Gasteiger partial charge < -0.3 is 15.4 Å². The van der Waals surface area contributed by atoms with Crippen molar-refractivity contribution >= 4 is 17.6 Å². The second kappa shape index (κ2) is 10.6. The van der Waals surface area contributed by atoms with E-state index < -0.39 is 0 Å². The van der Waals surface area contributed by atoms with Crippen LogP contribution in [0.4, 0.5) is 0 Å². The summed E-state index contributed by atoms with van der Waals surface area (Å²) < 4.78 is 5.51. The molecule has 1 aliphatic heterocycles. The van der Waals surface area contributed by atoms with Gasteiger partial charge in [-0.3, -0.25) is 9.89 Å². The SMILES string of the molecule is CCNC(=NCC(c1cccc(Cl)c1)N1CCOCC1)NC(C)CC. The second-order valence-electron chi connectivity index (χ2n) is 6.39. The highest BCUT2D eigenvalue weighted by atomic mass is 35.5. The van der Waals surface area contributed by atoms with Gasteiger partial charge in [0.2, 0.25) is 0 Å². The van der Waals surface area contributed by atoms with Gasteiger partial charge in [0.25, 0.3) is 0 Å². The van der Waals surface area contributed by atoms with Gasteiger partial charge in [0, 0.05) is 30.7 Å². The van der Waals surface area contributed by atoms with Crippen molar-refractivity contribution in [2.45, 2.75) is 39.3 Å². The van der Waals surface area contributed by atoms with Crippen molar-refractivity contribution in [1.82, 2.24) is 15.5 Å². The van der Waals surface area contributed by atoms with Crippen LogP contribution < -0.4 is 10.6 Å². The summed E-state index contributed by atoms with van der Waals surface area (Å²) in [5.41, 5.74) is 1.21. The van der Waals surface area contributed by atoms with Crippen molar-refractivity contribution in [3.05, 3.63) is 34.9 Å². The molecule has 0 spiro atoms. The summed E-state index contributed by atoms with van der Waals surface area (Å²) in [7, 11) is 0. The number of guanidine groups is 1. The van der Waals surface area contributed by atoms with Crippen LogP contribution in [0.15, 0.2) is 29.3 Å². The molecule has 1 saturated heterocycles. The molecule has 2 N–H and O–H groups in total.